The van der Waals surface area contributed by atoms with E-state index in [1.807, 2.05) is 0 Å². The summed E-state index contributed by atoms with van der Waals surface area (Å²) in [6.45, 7) is 1.94. The summed E-state index contributed by atoms with van der Waals surface area (Å²) < 4.78 is 27.7. The van der Waals surface area contributed by atoms with Gasteiger partial charge in [-0.25, -0.2) is 17.9 Å². The Morgan fingerprint density at radius 1 is 1.50 bits per heavy atom. The highest BCUT2D eigenvalue weighted by Gasteiger charge is 2.34. The van der Waals surface area contributed by atoms with Crippen molar-refractivity contribution in [2.45, 2.75) is 30.3 Å². The molecular formula is C12H15BrN2O4S. The van der Waals surface area contributed by atoms with E-state index in [9.17, 15) is 13.2 Å². The molecule has 1 aliphatic heterocycles. The molecule has 2 N–H and O–H groups in total. The molecular weight excluding hydrogens is 348 g/mol. The third-order valence-electron chi connectivity index (χ3n) is 3.25. The molecule has 2 rings (SSSR count). The van der Waals surface area contributed by atoms with Crippen LogP contribution < -0.4 is 4.72 Å². The summed E-state index contributed by atoms with van der Waals surface area (Å²) in [4.78, 5) is 12.4. The smallest absolute Gasteiger partial charge is 0.407 e. The lowest BCUT2D eigenvalue weighted by Gasteiger charge is -2.16. The lowest BCUT2D eigenvalue weighted by molar-refractivity contribution is 0.143. The molecule has 1 aromatic rings. The molecule has 0 aliphatic carbocycles. The van der Waals surface area contributed by atoms with Gasteiger partial charge < -0.3 is 10.0 Å². The summed E-state index contributed by atoms with van der Waals surface area (Å²) in [6, 6.07) is 5.80. The second kappa shape index (κ2) is 5.71. The molecule has 1 saturated heterocycles. The highest BCUT2D eigenvalue weighted by Crippen LogP contribution is 2.21. The van der Waals surface area contributed by atoms with Gasteiger partial charge in [-0.1, -0.05) is 22.0 Å². The van der Waals surface area contributed by atoms with E-state index in [-0.39, 0.29) is 17.5 Å². The zero-order chi connectivity index (χ0) is 14.9. The zero-order valence-electron chi connectivity index (χ0n) is 10.8. The second-order valence-electron chi connectivity index (χ2n) is 4.80. The molecule has 2 atom stereocenters. The van der Waals surface area contributed by atoms with Gasteiger partial charge in [-0.15, -0.1) is 0 Å². The summed E-state index contributed by atoms with van der Waals surface area (Å²) in [6.07, 6.45) is -0.554. The molecule has 1 heterocycles. The number of rotatable bonds is 3. The van der Waals surface area contributed by atoms with Crippen LogP contribution in [-0.4, -0.2) is 43.1 Å². The Kier molecular flexibility index (Phi) is 4.36. The van der Waals surface area contributed by atoms with Crippen LogP contribution in [0.15, 0.2) is 33.6 Å². The monoisotopic (exact) mass is 362 g/mol. The fourth-order valence-corrected chi connectivity index (χ4v) is 4.14. The van der Waals surface area contributed by atoms with Crippen molar-refractivity contribution in [1.29, 1.82) is 0 Å². The van der Waals surface area contributed by atoms with Gasteiger partial charge in [0.15, 0.2) is 0 Å². The molecule has 1 fully saturated rings. The first kappa shape index (κ1) is 15.3. The van der Waals surface area contributed by atoms with E-state index in [0.29, 0.717) is 10.9 Å². The van der Waals surface area contributed by atoms with Crippen LogP contribution in [0.25, 0.3) is 0 Å². The van der Waals surface area contributed by atoms with Crippen LogP contribution in [0.1, 0.15) is 13.3 Å². The third-order valence-corrected chi connectivity index (χ3v) is 5.26. The van der Waals surface area contributed by atoms with Gasteiger partial charge in [0.05, 0.1) is 4.90 Å². The molecule has 110 valence electrons. The van der Waals surface area contributed by atoms with E-state index in [0.717, 1.165) is 0 Å². The number of carbonyl (C=O) groups is 1. The van der Waals surface area contributed by atoms with Gasteiger partial charge in [-0.2, -0.15) is 0 Å². The van der Waals surface area contributed by atoms with E-state index in [4.69, 9.17) is 5.11 Å². The van der Waals surface area contributed by atoms with Gasteiger partial charge in [0, 0.05) is 23.1 Å². The fourth-order valence-electron chi connectivity index (χ4n) is 2.30. The molecule has 0 spiro atoms. The standard InChI is InChI=1S/C12H15BrN2O4S/c1-8-5-10(7-15(8)12(16)17)14-20(18,19)11-4-2-3-9(13)6-11/h2-4,6,8,10,14H,5,7H2,1H3,(H,16,17)/t8-,10+/m0/s1. The molecule has 0 unspecified atom stereocenters. The Labute approximate surface area is 126 Å². The van der Waals surface area contributed by atoms with Gasteiger partial charge in [-0.3, -0.25) is 0 Å². The second-order valence-corrected chi connectivity index (χ2v) is 7.42. The maximum atomic E-state index is 12.2. The highest BCUT2D eigenvalue weighted by atomic mass is 79.9. The third kappa shape index (κ3) is 3.31. The van der Waals surface area contributed by atoms with Crippen molar-refractivity contribution in [2.75, 3.05) is 6.54 Å². The maximum absolute atomic E-state index is 12.2. The number of halogens is 1. The van der Waals surface area contributed by atoms with Crippen molar-refractivity contribution in [1.82, 2.24) is 9.62 Å². The van der Waals surface area contributed by atoms with Crippen LogP contribution in [-0.2, 0) is 10.0 Å². The van der Waals surface area contributed by atoms with E-state index in [1.54, 1.807) is 19.1 Å². The van der Waals surface area contributed by atoms with Gasteiger partial charge in [-0.05, 0) is 31.5 Å². The molecule has 0 aromatic heterocycles. The number of hydrogen-bond donors (Lipinski definition) is 2. The van der Waals surface area contributed by atoms with Crippen LogP contribution in [0.4, 0.5) is 4.79 Å². The Hall–Kier alpha value is -1.12. The van der Waals surface area contributed by atoms with Gasteiger partial charge >= 0.3 is 6.09 Å². The molecule has 1 aliphatic rings. The molecule has 0 bridgehead atoms. The summed E-state index contributed by atoms with van der Waals surface area (Å²) in [5.41, 5.74) is 0. The minimum atomic E-state index is -3.64. The zero-order valence-corrected chi connectivity index (χ0v) is 13.2. The molecule has 1 amide bonds. The number of carboxylic acid groups (broad SMARTS) is 1. The van der Waals surface area contributed by atoms with Gasteiger partial charge in [0.1, 0.15) is 0 Å². The average Bonchev–Trinajstić information content (AvgIpc) is 2.69. The van der Waals surface area contributed by atoms with Crippen molar-refractivity contribution in [3.05, 3.63) is 28.7 Å². The Balaban J connectivity index is 2.12. The van der Waals surface area contributed by atoms with Gasteiger partial charge in [0.25, 0.3) is 0 Å². The highest BCUT2D eigenvalue weighted by molar-refractivity contribution is 9.10. The number of sulfonamides is 1. The van der Waals surface area contributed by atoms with E-state index in [1.165, 1.54) is 17.0 Å². The fraction of sp³-hybridized carbons (Fsp3) is 0.417. The first-order chi connectivity index (χ1) is 9.29. The molecule has 0 saturated carbocycles. The van der Waals surface area contributed by atoms with Crippen molar-refractivity contribution < 1.29 is 18.3 Å². The number of benzene rings is 1. The summed E-state index contributed by atoms with van der Waals surface area (Å²) in [7, 11) is -3.64. The molecule has 20 heavy (non-hydrogen) atoms. The van der Waals surface area contributed by atoms with Gasteiger partial charge in [0.2, 0.25) is 10.0 Å². The summed E-state index contributed by atoms with van der Waals surface area (Å²) in [5.74, 6) is 0. The molecule has 1 aromatic carbocycles. The van der Waals surface area contributed by atoms with Crippen LogP contribution in [0, 0.1) is 0 Å². The topological polar surface area (TPSA) is 86.7 Å². The van der Waals surface area contributed by atoms with Crippen LogP contribution in [0.2, 0.25) is 0 Å². The van der Waals surface area contributed by atoms with Crippen LogP contribution in [0.5, 0.6) is 0 Å². The lowest BCUT2D eigenvalue weighted by Crippen LogP contribution is -2.38. The van der Waals surface area contributed by atoms with Crippen molar-refractivity contribution in [3.8, 4) is 0 Å². The Morgan fingerprint density at radius 2 is 2.20 bits per heavy atom. The lowest BCUT2D eigenvalue weighted by atomic mass is 10.2. The normalized spacial score (nSPS) is 23.0. The number of hydrogen-bond acceptors (Lipinski definition) is 3. The quantitative estimate of drug-likeness (QED) is 0.859. The number of amides is 1. The number of nitrogens with one attached hydrogen (secondary N) is 1. The van der Waals surface area contributed by atoms with Crippen molar-refractivity contribution >= 4 is 32.0 Å². The molecule has 6 nitrogen and oxygen atoms in total. The van der Waals surface area contributed by atoms with E-state index >= 15 is 0 Å². The summed E-state index contributed by atoms with van der Waals surface area (Å²) >= 11 is 3.23. The molecule has 0 radical (unpaired) electrons. The largest absolute Gasteiger partial charge is 0.465 e. The van der Waals surface area contributed by atoms with E-state index in [2.05, 4.69) is 20.7 Å². The SMILES string of the molecule is C[C@H]1C[C@@H](NS(=O)(=O)c2cccc(Br)c2)CN1C(=O)O. The van der Waals surface area contributed by atoms with Crippen LogP contribution >= 0.6 is 15.9 Å². The Bertz CT molecular complexity index is 620. The van der Waals surface area contributed by atoms with Crippen molar-refractivity contribution in [2.24, 2.45) is 0 Å². The predicted octanol–water partition coefficient (Wildman–Crippen LogP) is 1.87. The minimum Gasteiger partial charge on any atom is -0.465 e. The predicted molar refractivity (Wildman–Crippen MR) is 77.1 cm³/mol. The summed E-state index contributed by atoms with van der Waals surface area (Å²) in [5, 5.41) is 9.00. The van der Waals surface area contributed by atoms with Crippen LogP contribution in [0.3, 0.4) is 0 Å². The first-order valence-corrected chi connectivity index (χ1v) is 8.34. The van der Waals surface area contributed by atoms with Crippen molar-refractivity contribution in [3.63, 3.8) is 0 Å². The average molecular weight is 363 g/mol. The molecule has 8 heteroatoms. The number of nitrogens with zero attached hydrogens (tertiary/aromatic N) is 1. The maximum Gasteiger partial charge on any atom is 0.407 e. The number of likely N-dealkylation sites (tertiary alicyclic amines) is 1. The first-order valence-electron chi connectivity index (χ1n) is 6.07. The minimum absolute atomic E-state index is 0.160. The Morgan fingerprint density at radius 3 is 2.75 bits per heavy atom. The van der Waals surface area contributed by atoms with E-state index < -0.39 is 22.2 Å².